The predicted octanol–water partition coefficient (Wildman–Crippen LogP) is 3.30. The summed E-state index contributed by atoms with van der Waals surface area (Å²) in [7, 11) is 1.72. The van der Waals surface area contributed by atoms with Crippen LogP contribution >= 0.6 is 23.1 Å². The van der Waals surface area contributed by atoms with E-state index in [9.17, 15) is 0 Å². The third-order valence-corrected chi connectivity index (χ3v) is 5.77. The van der Waals surface area contributed by atoms with Crippen molar-refractivity contribution in [1.82, 2.24) is 15.5 Å². The number of aromatic nitrogens is 2. The summed E-state index contributed by atoms with van der Waals surface area (Å²) in [6, 6.07) is 6.76. The van der Waals surface area contributed by atoms with Crippen LogP contribution < -0.4 is 10.1 Å². The minimum atomic E-state index is 0.351. The number of hydrogen-bond donors (Lipinski definition) is 1. The van der Waals surface area contributed by atoms with Crippen LogP contribution in [0, 0.1) is 0 Å². The highest BCUT2D eigenvalue weighted by atomic mass is 32.2. The number of nitrogens with one attached hydrogen (secondary N) is 1. The smallest absolute Gasteiger partial charge is 0.174 e. The molecular weight excluding hydrogens is 302 g/mol. The Bertz CT molecular complexity index is 589. The van der Waals surface area contributed by atoms with E-state index in [2.05, 4.69) is 34.6 Å². The van der Waals surface area contributed by atoms with Crippen LogP contribution in [0.3, 0.4) is 0 Å². The van der Waals surface area contributed by atoms with E-state index in [0.717, 1.165) is 29.5 Å². The first-order valence-corrected chi connectivity index (χ1v) is 8.90. The summed E-state index contributed by atoms with van der Waals surface area (Å²) in [5.41, 5.74) is 4.57. The third kappa shape index (κ3) is 3.22. The molecule has 1 aliphatic rings. The van der Waals surface area contributed by atoms with E-state index in [-0.39, 0.29) is 0 Å². The fourth-order valence-electron chi connectivity index (χ4n) is 2.70. The van der Waals surface area contributed by atoms with Crippen LogP contribution in [-0.2, 0) is 6.42 Å². The van der Waals surface area contributed by atoms with E-state index in [1.54, 1.807) is 24.0 Å². The number of ether oxygens (including phenoxy) is 1. The summed E-state index contributed by atoms with van der Waals surface area (Å²) in [5, 5.41) is 12.3. The molecule has 1 aromatic heterocycles. The number of methoxy groups -OCH3 is 1. The van der Waals surface area contributed by atoms with Crippen molar-refractivity contribution in [2.45, 2.75) is 35.4 Å². The van der Waals surface area contributed by atoms with E-state index in [1.807, 2.05) is 17.8 Å². The van der Waals surface area contributed by atoms with Crippen molar-refractivity contribution in [3.63, 3.8) is 0 Å². The van der Waals surface area contributed by atoms with Gasteiger partial charge < -0.3 is 10.1 Å². The van der Waals surface area contributed by atoms with Gasteiger partial charge in [-0.1, -0.05) is 36.1 Å². The Morgan fingerprint density at radius 2 is 2.38 bits per heavy atom. The van der Waals surface area contributed by atoms with Gasteiger partial charge in [-0.15, -0.1) is 10.2 Å². The lowest BCUT2D eigenvalue weighted by Gasteiger charge is -2.20. The Morgan fingerprint density at radius 1 is 1.48 bits per heavy atom. The molecule has 0 amide bonds. The molecular formula is C15H19N3OS2. The van der Waals surface area contributed by atoms with Gasteiger partial charge in [0.05, 0.1) is 7.11 Å². The number of nitrogens with zero attached hydrogens (tertiary/aromatic N) is 2. The van der Waals surface area contributed by atoms with Crippen LogP contribution in [0.25, 0.3) is 0 Å². The summed E-state index contributed by atoms with van der Waals surface area (Å²) in [6.45, 7) is 3.22. The van der Waals surface area contributed by atoms with Crippen LogP contribution in [0.1, 0.15) is 30.5 Å². The fourth-order valence-corrected chi connectivity index (χ4v) is 4.70. The molecule has 1 aliphatic carbocycles. The molecule has 6 heteroatoms. The molecule has 0 fully saturated rings. The lowest BCUT2D eigenvalue weighted by atomic mass is 10.1. The van der Waals surface area contributed by atoms with E-state index < -0.39 is 0 Å². The Labute approximate surface area is 133 Å². The van der Waals surface area contributed by atoms with Gasteiger partial charge in [0.1, 0.15) is 11.3 Å². The van der Waals surface area contributed by atoms with Crippen molar-refractivity contribution in [1.29, 1.82) is 0 Å². The second-order valence-corrected chi connectivity index (χ2v) is 7.38. The highest BCUT2D eigenvalue weighted by Gasteiger charge is 2.33. The molecule has 1 N–H and O–H groups in total. The van der Waals surface area contributed by atoms with Gasteiger partial charge in [-0.25, -0.2) is 0 Å². The Hall–Kier alpha value is -1.11. The van der Waals surface area contributed by atoms with Crippen molar-refractivity contribution >= 4 is 23.1 Å². The highest BCUT2D eigenvalue weighted by molar-refractivity contribution is 8.01. The Kier molecular flexibility index (Phi) is 4.77. The zero-order valence-electron chi connectivity index (χ0n) is 12.2. The first-order valence-electron chi connectivity index (χ1n) is 7.15. The molecule has 2 atom stereocenters. The zero-order chi connectivity index (χ0) is 14.7. The molecule has 3 rings (SSSR count). The molecule has 0 bridgehead atoms. The van der Waals surface area contributed by atoms with Gasteiger partial charge in [-0.05, 0) is 42.6 Å². The molecule has 112 valence electrons. The van der Waals surface area contributed by atoms with Crippen molar-refractivity contribution in [2.24, 2.45) is 0 Å². The van der Waals surface area contributed by atoms with Crippen LogP contribution in [0.5, 0.6) is 5.75 Å². The molecule has 2 unspecified atom stereocenters. The average molecular weight is 321 g/mol. The molecule has 0 saturated heterocycles. The first kappa shape index (κ1) is 14.8. The summed E-state index contributed by atoms with van der Waals surface area (Å²) in [6.07, 6.45) is 2.19. The minimum absolute atomic E-state index is 0.351. The highest BCUT2D eigenvalue weighted by Crippen LogP contribution is 2.42. The normalized spacial score (nSPS) is 20.5. The fraction of sp³-hybridized carbons (Fsp3) is 0.467. The molecule has 4 nitrogen and oxygen atoms in total. The van der Waals surface area contributed by atoms with Gasteiger partial charge >= 0.3 is 0 Å². The van der Waals surface area contributed by atoms with Gasteiger partial charge in [0.25, 0.3) is 0 Å². The number of fused-ring (bicyclic) bond motifs is 1. The first-order chi connectivity index (χ1) is 10.3. The van der Waals surface area contributed by atoms with Crippen molar-refractivity contribution in [3.05, 3.63) is 34.8 Å². The second-order valence-electron chi connectivity index (χ2n) is 5.06. The van der Waals surface area contributed by atoms with E-state index in [1.165, 1.54) is 11.1 Å². The van der Waals surface area contributed by atoms with Gasteiger partial charge in [-0.2, -0.15) is 0 Å². The predicted molar refractivity (Wildman–Crippen MR) is 87.3 cm³/mol. The van der Waals surface area contributed by atoms with Crippen LogP contribution in [-0.4, -0.2) is 29.1 Å². The van der Waals surface area contributed by atoms with Gasteiger partial charge in [0, 0.05) is 11.3 Å². The summed E-state index contributed by atoms with van der Waals surface area (Å²) in [5.74, 6) is 0.929. The molecule has 0 spiro atoms. The van der Waals surface area contributed by atoms with Gasteiger partial charge in [0.2, 0.25) is 0 Å². The van der Waals surface area contributed by atoms with Crippen molar-refractivity contribution in [2.75, 3.05) is 13.7 Å². The Balaban J connectivity index is 1.84. The summed E-state index contributed by atoms with van der Waals surface area (Å²) < 4.78 is 6.42. The zero-order valence-corrected chi connectivity index (χ0v) is 13.8. The lowest BCUT2D eigenvalue weighted by molar-refractivity contribution is 0.413. The maximum Gasteiger partial charge on any atom is 0.174 e. The summed E-state index contributed by atoms with van der Waals surface area (Å²) in [4.78, 5) is 0. The molecule has 1 heterocycles. The van der Waals surface area contributed by atoms with Crippen LogP contribution in [0.2, 0.25) is 0 Å². The molecule has 0 saturated carbocycles. The topological polar surface area (TPSA) is 47.0 Å². The SMILES string of the molecule is CCCNC1c2cc(OC)ccc2CC1Sc1nncs1. The number of rotatable bonds is 6. The monoisotopic (exact) mass is 321 g/mol. The van der Waals surface area contributed by atoms with Crippen LogP contribution in [0.15, 0.2) is 28.0 Å². The van der Waals surface area contributed by atoms with Crippen LogP contribution in [0.4, 0.5) is 0 Å². The molecule has 21 heavy (non-hydrogen) atoms. The molecule has 0 radical (unpaired) electrons. The second kappa shape index (κ2) is 6.77. The third-order valence-electron chi connectivity index (χ3n) is 3.69. The molecule has 1 aromatic carbocycles. The maximum atomic E-state index is 5.38. The van der Waals surface area contributed by atoms with Gasteiger partial charge in [0.15, 0.2) is 4.34 Å². The van der Waals surface area contributed by atoms with E-state index in [4.69, 9.17) is 4.74 Å². The van der Waals surface area contributed by atoms with Gasteiger partial charge in [-0.3, -0.25) is 0 Å². The number of benzene rings is 1. The van der Waals surface area contributed by atoms with E-state index in [0.29, 0.717) is 11.3 Å². The maximum absolute atomic E-state index is 5.38. The average Bonchev–Trinajstić information content (AvgIpc) is 3.12. The van der Waals surface area contributed by atoms with Crippen molar-refractivity contribution in [3.8, 4) is 5.75 Å². The Morgan fingerprint density at radius 3 is 3.10 bits per heavy atom. The molecule has 0 aliphatic heterocycles. The lowest BCUT2D eigenvalue weighted by Crippen LogP contribution is -2.27. The minimum Gasteiger partial charge on any atom is -0.497 e. The summed E-state index contributed by atoms with van der Waals surface area (Å²) >= 11 is 3.44. The standard InChI is InChI=1S/C15H19N3OS2/c1-3-6-16-14-12-8-11(19-2)5-4-10(12)7-13(14)21-15-18-17-9-20-15/h4-5,8-9,13-14,16H,3,6-7H2,1-2H3. The number of hydrogen-bond acceptors (Lipinski definition) is 6. The number of thioether (sulfide) groups is 1. The molecule has 2 aromatic rings. The van der Waals surface area contributed by atoms with E-state index >= 15 is 0 Å². The quantitative estimate of drug-likeness (QED) is 0.884. The largest absolute Gasteiger partial charge is 0.497 e. The van der Waals surface area contributed by atoms with Crippen molar-refractivity contribution < 1.29 is 4.74 Å².